The average molecular weight is 520 g/mol. The van der Waals surface area contributed by atoms with Gasteiger partial charge in [-0.1, -0.05) is 36.2 Å². The predicted octanol–water partition coefficient (Wildman–Crippen LogP) is 6.28. The maximum Gasteiger partial charge on any atom is 0.304 e. The lowest BCUT2D eigenvalue weighted by molar-refractivity contribution is -0.137. The van der Waals surface area contributed by atoms with Crippen LogP contribution >= 0.6 is 11.9 Å². The van der Waals surface area contributed by atoms with E-state index in [0.717, 1.165) is 34.2 Å². The molecule has 0 spiro atoms. The Morgan fingerprint density at radius 2 is 1.86 bits per heavy atom. The number of carboxylic acids is 1. The van der Waals surface area contributed by atoms with E-state index >= 15 is 0 Å². The van der Waals surface area contributed by atoms with Crippen LogP contribution in [0.15, 0.2) is 54.6 Å². The molecule has 7 heteroatoms. The van der Waals surface area contributed by atoms with Crippen LogP contribution in [0.5, 0.6) is 17.2 Å². The highest BCUT2D eigenvalue weighted by Crippen LogP contribution is 2.38. The summed E-state index contributed by atoms with van der Waals surface area (Å²) >= 11 is 1.83. The first-order chi connectivity index (χ1) is 18.0. The number of aliphatic carboxylic acids is 1. The van der Waals surface area contributed by atoms with Crippen molar-refractivity contribution in [1.29, 1.82) is 0 Å². The molecule has 0 saturated heterocycles. The smallest absolute Gasteiger partial charge is 0.304 e. The molecule has 194 valence electrons. The fourth-order valence-electron chi connectivity index (χ4n) is 4.75. The van der Waals surface area contributed by atoms with Crippen LogP contribution in [-0.4, -0.2) is 36.1 Å². The third-order valence-electron chi connectivity index (χ3n) is 6.66. The Bertz CT molecular complexity index is 1250. The van der Waals surface area contributed by atoms with Gasteiger partial charge < -0.3 is 19.3 Å². The topological polar surface area (TPSA) is 77.0 Å². The van der Waals surface area contributed by atoms with Crippen molar-refractivity contribution in [3.63, 3.8) is 0 Å². The third-order valence-corrected chi connectivity index (χ3v) is 7.84. The van der Waals surface area contributed by atoms with E-state index in [2.05, 4.69) is 55.0 Å². The summed E-state index contributed by atoms with van der Waals surface area (Å²) in [5.74, 6) is 1.40. The van der Waals surface area contributed by atoms with E-state index in [1.165, 1.54) is 29.5 Å². The average Bonchev–Trinajstić information content (AvgIpc) is 3.62. The molecule has 1 unspecified atom stereocenters. The van der Waals surface area contributed by atoms with Gasteiger partial charge in [-0.25, -0.2) is 0 Å². The second kappa shape index (κ2) is 11.5. The highest BCUT2D eigenvalue weighted by atomic mass is 32.2. The molecule has 2 N–H and O–H groups in total. The monoisotopic (exact) mass is 519 g/mol. The van der Waals surface area contributed by atoms with E-state index in [0.29, 0.717) is 31.3 Å². The summed E-state index contributed by atoms with van der Waals surface area (Å²) in [5, 5.41) is 9.89. The Kier molecular flexibility index (Phi) is 7.91. The van der Waals surface area contributed by atoms with Crippen molar-refractivity contribution in [2.45, 2.75) is 50.9 Å². The molecule has 5 rings (SSSR count). The van der Waals surface area contributed by atoms with Gasteiger partial charge in [0, 0.05) is 29.3 Å². The first-order valence-corrected chi connectivity index (χ1v) is 13.7. The molecule has 0 radical (unpaired) electrons. The van der Waals surface area contributed by atoms with Crippen LogP contribution in [0, 0.1) is 13.8 Å². The van der Waals surface area contributed by atoms with Crippen molar-refractivity contribution in [1.82, 2.24) is 4.72 Å². The fourth-order valence-corrected chi connectivity index (χ4v) is 5.55. The molecule has 1 aliphatic heterocycles. The van der Waals surface area contributed by atoms with Gasteiger partial charge in [0.15, 0.2) is 0 Å². The number of fused-ring (bicyclic) bond motifs is 1. The SMILES string of the molecule is Cc1cc(OCCNSC2CC2)cc(C)c1-c1cccc(COc2ccc3c(c2)OCC3CC(=O)O)c1. The van der Waals surface area contributed by atoms with Crippen molar-refractivity contribution in [2.75, 3.05) is 19.8 Å². The number of carboxylic acid groups (broad SMARTS) is 1. The van der Waals surface area contributed by atoms with Crippen molar-refractivity contribution in [3.05, 3.63) is 76.9 Å². The van der Waals surface area contributed by atoms with Crippen LogP contribution in [0.2, 0.25) is 0 Å². The van der Waals surface area contributed by atoms with Crippen LogP contribution in [0.4, 0.5) is 0 Å². The largest absolute Gasteiger partial charge is 0.492 e. The summed E-state index contributed by atoms with van der Waals surface area (Å²) in [6.07, 6.45) is 2.72. The van der Waals surface area contributed by atoms with E-state index in [-0.39, 0.29) is 12.3 Å². The summed E-state index contributed by atoms with van der Waals surface area (Å²) in [6, 6.07) is 18.3. The molecule has 6 nitrogen and oxygen atoms in total. The van der Waals surface area contributed by atoms with Crippen molar-refractivity contribution in [3.8, 4) is 28.4 Å². The summed E-state index contributed by atoms with van der Waals surface area (Å²) in [5.41, 5.74) is 6.73. The lowest BCUT2D eigenvalue weighted by Gasteiger charge is -2.15. The Morgan fingerprint density at radius 1 is 1.05 bits per heavy atom. The normalized spacial score (nSPS) is 16.2. The van der Waals surface area contributed by atoms with Crippen LogP contribution in [0.1, 0.15) is 47.4 Å². The van der Waals surface area contributed by atoms with Gasteiger partial charge in [0.2, 0.25) is 0 Å². The van der Waals surface area contributed by atoms with Crippen LogP contribution in [-0.2, 0) is 11.4 Å². The zero-order chi connectivity index (χ0) is 25.8. The summed E-state index contributed by atoms with van der Waals surface area (Å²) in [4.78, 5) is 11.1. The highest BCUT2D eigenvalue weighted by molar-refractivity contribution is 7.98. The molecular weight excluding hydrogens is 486 g/mol. The number of rotatable bonds is 12. The molecule has 1 heterocycles. The number of hydrogen-bond donors (Lipinski definition) is 2. The minimum atomic E-state index is -0.815. The number of hydrogen-bond acceptors (Lipinski definition) is 6. The molecule has 3 aromatic carbocycles. The second-order valence-electron chi connectivity index (χ2n) is 9.79. The molecule has 1 saturated carbocycles. The zero-order valence-electron chi connectivity index (χ0n) is 21.3. The van der Waals surface area contributed by atoms with Gasteiger partial charge in [0.1, 0.15) is 30.5 Å². The Balaban J connectivity index is 1.21. The molecule has 0 aromatic heterocycles. The van der Waals surface area contributed by atoms with E-state index in [1.54, 1.807) is 0 Å². The summed E-state index contributed by atoms with van der Waals surface area (Å²) < 4.78 is 21.2. The molecule has 1 fully saturated rings. The van der Waals surface area contributed by atoms with Gasteiger partial charge in [0.25, 0.3) is 0 Å². The first kappa shape index (κ1) is 25.5. The quantitative estimate of drug-likeness (QED) is 0.215. The van der Waals surface area contributed by atoms with E-state index < -0.39 is 5.97 Å². The molecule has 0 amide bonds. The predicted molar refractivity (Wildman–Crippen MR) is 147 cm³/mol. The summed E-state index contributed by atoms with van der Waals surface area (Å²) in [7, 11) is 0. The van der Waals surface area contributed by atoms with E-state index in [1.807, 2.05) is 30.1 Å². The molecule has 3 aromatic rings. The molecule has 37 heavy (non-hydrogen) atoms. The number of nitrogens with one attached hydrogen (secondary N) is 1. The maximum absolute atomic E-state index is 11.1. The standard InChI is InChI=1S/C30H33NO5S/c1-19-12-25(34-11-10-31-37-26-7-8-26)13-20(2)30(19)22-5-3-4-21(14-22)17-35-24-6-9-27-23(15-29(32)33)18-36-28(27)16-24/h3-6,9,12-14,16,23,26,31H,7-8,10-11,15,17-18H2,1-2H3,(H,32,33). The lowest BCUT2D eigenvalue weighted by atomic mass is 9.94. The minimum Gasteiger partial charge on any atom is -0.492 e. The van der Waals surface area contributed by atoms with Crippen LogP contribution in [0.3, 0.4) is 0 Å². The van der Waals surface area contributed by atoms with Gasteiger partial charge in [-0.05, 0) is 78.8 Å². The van der Waals surface area contributed by atoms with Gasteiger partial charge in [-0.15, -0.1) is 0 Å². The van der Waals surface area contributed by atoms with Crippen LogP contribution in [0.25, 0.3) is 11.1 Å². The number of aryl methyl sites for hydroxylation is 2. The highest BCUT2D eigenvalue weighted by Gasteiger charge is 2.26. The van der Waals surface area contributed by atoms with E-state index in [9.17, 15) is 4.79 Å². The Hall–Kier alpha value is -3.16. The molecule has 2 aliphatic rings. The minimum absolute atomic E-state index is 0.0721. The van der Waals surface area contributed by atoms with E-state index in [4.69, 9.17) is 19.3 Å². The van der Waals surface area contributed by atoms with Gasteiger partial charge >= 0.3 is 5.97 Å². The molecule has 1 atom stereocenters. The zero-order valence-corrected chi connectivity index (χ0v) is 22.1. The number of ether oxygens (including phenoxy) is 3. The molecular formula is C30H33NO5S. The second-order valence-corrected chi connectivity index (χ2v) is 11.0. The number of benzene rings is 3. The third kappa shape index (κ3) is 6.59. The molecule has 0 bridgehead atoms. The number of carbonyl (C=O) groups is 1. The van der Waals surface area contributed by atoms with Crippen molar-refractivity contribution in [2.24, 2.45) is 0 Å². The fraction of sp³-hybridized carbons (Fsp3) is 0.367. The van der Waals surface area contributed by atoms with Crippen molar-refractivity contribution >= 4 is 17.9 Å². The van der Waals surface area contributed by atoms with Crippen LogP contribution < -0.4 is 18.9 Å². The van der Waals surface area contributed by atoms with Gasteiger partial charge in [-0.3, -0.25) is 9.52 Å². The first-order valence-electron chi connectivity index (χ1n) is 12.8. The van der Waals surface area contributed by atoms with Gasteiger partial charge in [0.05, 0.1) is 13.0 Å². The lowest BCUT2D eigenvalue weighted by Crippen LogP contribution is -2.15. The maximum atomic E-state index is 11.1. The molecule has 1 aliphatic carbocycles. The summed E-state index contributed by atoms with van der Waals surface area (Å²) in [6.45, 7) is 6.56. The van der Waals surface area contributed by atoms with Gasteiger partial charge in [-0.2, -0.15) is 0 Å². The Labute approximate surface area is 222 Å². The van der Waals surface area contributed by atoms with Crippen molar-refractivity contribution < 1.29 is 24.1 Å². The Morgan fingerprint density at radius 3 is 2.62 bits per heavy atom.